The first-order valence-corrected chi connectivity index (χ1v) is 6.88. The highest BCUT2D eigenvalue weighted by Crippen LogP contribution is 2.43. The van der Waals surface area contributed by atoms with Crippen molar-refractivity contribution in [2.24, 2.45) is 0 Å². The first kappa shape index (κ1) is 12.3. The van der Waals surface area contributed by atoms with E-state index in [-0.39, 0.29) is 0 Å². The van der Waals surface area contributed by atoms with Crippen molar-refractivity contribution in [3.8, 4) is 5.75 Å². The maximum absolute atomic E-state index is 10.8. The Kier molecular flexibility index (Phi) is 3.09. The number of aryl methyl sites for hydroxylation is 1. The summed E-state index contributed by atoms with van der Waals surface area (Å²) in [4.78, 5) is 12.2. The van der Waals surface area contributed by atoms with Crippen LogP contribution in [-0.4, -0.2) is 36.3 Å². The average Bonchev–Trinajstić information content (AvgIpc) is 3.01. The lowest BCUT2D eigenvalue weighted by Gasteiger charge is -2.18. The largest absolute Gasteiger partial charge is 0.493 e. The lowest BCUT2D eigenvalue weighted by molar-refractivity contribution is 0.154. The quantitative estimate of drug-likeness (QED) is 0.910. The van der Waals surface area contributed by atoms with Crippen LogP contribution in [0.2, 0.25) is 0 Å². The highest BCUT2D eigenvalue weighted by atomic mass is 16.5. The van der Waals surface area contributed by atoms with E-state index in [1.165, 1.54) is 21.6 Å². The molecule has 1 aliphatic heterocycles. The number of carbonyl (C=O) groups is 1. The molecule has 2 aliphatic rings. The van der Waals surface area contributed by atoms with Gasteiger partial charge in [0.25, 0.3) is 0 Å². The fraction of sp³-hybridized carbons (Fsp3) is 0.533. The first-order chi connectivity index (χ1) is 9.16. The van der Waals surface area contributed by atoms with E-state index in [0.717, 1.165) is 38.0 Å². The van der Waals surface area contributed by atoms with Gasteiger partial charge in [-0.25, -0.2) is 4.79 Å². The van der Waals surface area contributed by atoms with E-state index in [1.807, 2.05) is 0 Å². The standard InChI is InChI=1S/C15H19NO3/c1-16(15(17)18)8-6-11-3-2-10-4-5-13-12(14(10)11)7-9-19-13/h4-5,11H,2-3,6-9H2,1H3,(H,17,18). The van der Waals surface area contributed by atoms with Crippen LogP contribution in [0.25, 0.3) is 0 Å². The Bertz CT molecular complexity index is 512. The Morgan fingerprint density at radius 1 is 1.47 bits per heavy atom. The number of nitrogens with zero attached hydrogens (tertiary/aromatic N) is 1. The lowest BCUT2D eigenvalue weighted by atomic mass is 9.92. The topological polar surface area (TPSA) is 49.8 Å². The maximum Gasteiger partial charge on any atom is 0.407 e. The molecule has 0 spiro atoms. The first-order valence-electron chi connectivity index (χ1n) is 6.88. The second kappa shape index (κ2) is 4.76. The summed E-state index contributed by atoms with van der Waals surface area (Å²) in [6.45, 7) is 1.39. The minimum Gasteiger partial charge on any atom is -0.493 e. The van der Waals surface area contributed by atoms with E-state index in [0.29, 0.717) is 12.5 Å². The Labute approximate surface area is 113 Å². The van der Waals surface area contributed by atoms with Crippen molar-refractivity contribution in [3.63, 3.8) is 0 Å². The number of hydrogen-bond donors (Lipinski definition) is 1. The van der Waals surface area contributed by atoms with Crippen molar-refractivity contribution in [1.82, 2.24) is 4.90 Å². The Morgan fingerprint density at radius 3 is 3.11 bits per heavy atom. The fourth-order valence-corrected chi connectivity index (χ4v) is 3.28. The summed E-state index contributed by atoms with van der Waals surface area (Å²) < 4.78 is 5.63. The van der Waals surface area contributed by atoms with Crippen LogP contribution in [-0.2, 0) is 12.8 Å². The molecule has 19 heavy (non-hydrogen) atoms. The molecule has 0 saturated heterocycles. The average molecular weight is 261 g/mol. The zero-order valence-corrected chi connectivity index (χ0v) is 11.2. The van der Waals surface area contributed by atoms with Crippen molar-refractivity contribution >= 4 is 6.09 Å². The van der Waals surface area contributed by atoms with Crippen LogP contribution in [0.5, 0.6) is 5.75 Å². The molecule has 1 unspecified atom stereocenters. The Balaban J connectivity index is 1.78. The second-order valence-electron chi connectivity index (χ2n) is 5.44. The molecule has 0 saturated carbocycles. The Hall–Kier alpha value is -1.71. The highest BCUT2D eigenvalue weighted by molar-refractivity contribution is 5.64. The lowest BCUT2D eigenvalue weighted by Crippen LogP contribution is -2.26. The van der Waals surface area contributed by atoms with Gasteiger partial charge in [-0.1, -0.05) is 6.07 Å². The minimum absolute atomic E-state index is 0.494. The molecule has 0 radical (unpaired) electrons. The van der Waals surface area contributed by atoms with E-state index in [2.05, 4.69) is 12.1 Å². The zero-order chi connectivity index (χ0) is 13.4. The van der Waals surface area contributed by atoms with Gasteiger partial charge in [0.2, 0.25) is 0 Å². The number of carboxylic acid groups (broad SMARTS) is 1. The summed E-state index contributed by atoms with van der Waals surface area (Å²) in [7, 11) is 1.64. The normalized spacial score (nSPS) is 19.7. The SMILES string of the molecule is CN(CCC1CCc2ccc3c(c21)CCO3)C(=O)O. The molecule has 1 N–H and O–H groups in total. The summed E-state index contributed by atoms with van der Waals surface area (Å²) >= 11 is 0. The van der Waals surface area contributed by atoms with E-state index in [4.69, 9.17) is 9.84 Å². The molecule has 1 atom stereocenters. The molecule has 4 heteroatoms. The van der Waals surface area contributed by atoms with Gasteiger partial charge >= 0.3 is 6.09 Å². The van der Waals surface area contributed by atoms with Crippen molar-refractivity contribution in [2.75, 3.05) is 20.2 Å². The predicted molar refractivity (Wildman–Crippen MR) is 72.0 cm³/mol. The number of hydrogen-bond acceptors (Lipinski definition) is 2. The van der Waals surface area contributed by atoms with Crippen molar-refractivity contribution in [1.29, 1.82) is 0 Å². The molecule has 1 amide bonds. The van der Waals surface area contributed by atoms with Gasteiger partial charge in [0, 0.05) is 25.6 Å². The van der Waals surface area contributed by atoms with E-state index >= 15 is 0 Å². The number of amides is 1. The molecule has 1 aromatic rings. The van der Waals surface area contributed by atoms with Crippen molar-refractivity contribution in [3.05, 3.63) is 28.8 Å². The molecule has 1 aromatic carbocycles. The molecule has 3 rings (SSSR count). The third kappa shape index (κ3) is 2.15. The van der Waals surface area contributed by atoms with Crippen LogP contribution in [0.3, 0.4) is 0 Å². The Morgan fingerprint density at radius 2 is 2.32 bits per heavy atom. The van der Waals surface area contributed by atoms with Crippen LogP contribution in [0.4, 0.5) is 4.79 Å². The van der Waals surface area contributed by atoms with Gasteiger partial charge in [-0.2, -0.15) is 0 Å². The summed E-state index contributed by atoms with van der Waals surface area (Å²) in [6, 6.07) is 4.27. The summed E-state index contributed by atoms with van der Waals surface area (Å²) in [6.07, 6.45) is 3.32. The molecule has 4 nitrogen and oxygen atoms in total. The number of rotatable bonds is 3. The second-order valence-corrected chi connectivity index (χ2v) is 5.44. The van der Waals surface area contributed by atoms with Gasteiger partial charge < -0.3 is 14.7 Å². The molecule has 102 valence electrons. The van der Waals surface area contributed by atoms with Gasteiger partial charge in [-0.15, -0.1) is 0 Å². The number of ether oxygens (including phenoxy) is 1. The molecule has 0 aromatic heterocycles. The summed E-state index contributed by atoms with van der Waals surface area (Å²) in [5.74, 6) is 1.53. The van der Waals surface area contributed by atoms with Crippen LogP contribution in [0.15, 0.2) is 12.1 Å². The minimum atomic E-state index is -0.847. The third-order valence-corrected chi connectivity index (χ3v) is 4.32. The van der Waals surface area contributed by atoms with Gasteiger partial charge in [-0.3, -0.25) is 0 Å². The van der Waals surface area contributed by atoms with Crippen molar-refractivity contribution < 1.29 is 14.6 Å². The van der Waals surface area contributed by atoms with E-state index in [9.17, 15) is 4.79 Å². The number of fused-ring (bicyclic) bond motifs is 3. The molecular formula is C15H19NO3. The van der Waals surface area contributed by atoms with E-state index < -0.39 is 6.09 Å². The van der Waals surface area contributed by atoms with Gasteiger partial charge in [0.15, 0.2) is 0 Å². The summed E-state index contributed by atoms with van der Waals surface area (Å²) in [5.41, 5.74) is 4.26. The monoisotopic (exact) mass is 261 g/mol. The van der Waals surface area contributed by atoms with Crippen LogP contribution >= 0.6 is 0 Å². The fourth-order valence-electron chi connectivity index (χ4n) is 3.28. The van der Waals surface area contributed by atoms with Crippen LogP contribution in [0, 0.1) is 0 Å². The van der Waals surface area contributed by atoms with Crippen molar-refractivity contribution in [2.45, 2.75) is 31.6 Å². The van der Waals surface area contributed by atoms with Crippen LogP contribution < -0.4 is 4.74 Å². The smallest absolute Gasteiger partial charge is 0.407 e. The van der Waals surface area contributed by atoms with Gasteiger partial charge in [-0.05, 0) is 42.4 Å². The molecule has 1 heterocycles. The molecule has 1 aliphatic carbocycles. The van der Waals surface area contributed by atoms with E-state index in [1.54, 1.807) is 7.05 Å². The van der Waals surface area contributed by atoms with Crippen LogP contribution in [0.1, 0.15) is 35.4 Å². The highest BCUT2D eigenvalue weighted by Gasteiger charge is 2.29. The predicted octanol–water partition coefficient (Wildman–Crippen LogP) is 2.65. The van der Waals surface area contributed by atoms with Gasteiger partial charge in [0.1, 0.15) is 5.75 Å². The zero-order valence-electron chi connectivity index (χ0n) is 11.2. The maximum atomic E-state index is 10.8. The molecule has 0 fully saturated rings. The number of benzene rings is 1. The van der Waals surface area contributed by atoms with Gasteiger partial charge in [0.05, 0.1) is 6.61 Å². The molecular weight excluding hydrogens is 242 g/mol. The molecule has 0 bridgehead atoms. The summed E-state index contributed by atoms with van der Waals surface area (Å²) in [5, 5.41) is 8.91. The third-order valence-electron chi connectivity index (χ3n) is 4.32.